The van der Waals surface area contributed by atoms with Crippen LogP contribution in [0.5, 0.6) is 5.75 Å². The predicted molar refractivity (Wildman–Crippen MR) is 102 cm³/mol. The summed E-state index contributed by atoms with van der Waals surface area (Å²) in [6.07, 6.45) is 5.09. The monoisotopic (exact) mass is 374 g/mol. The van der Waals surface area contributed by atoms with Crippen LogP contribution >= 0.6 is 0 Å². The van der Waals surface area contributed by atoms with Gasteiger partial charge in [-0.2, -0.15) is 0 Å². The second-order valence-electron chi connectivity index (χ2n) is 5.63. The van der Waals surface area contributed by atoms with E-state index in [2.05, 4.69) is 12.2 Å². The Hall–Kier alpha value is -2.64. The summed E-state index contributed by atoms with van der Waals surface area (Å²) >= 11 is 0. The third-order valence-corrected chi connectivity index (χ3v) is 4.47. The average molecular weight is 374 g/mol. The van der Waals surface area contributed by atoms with Gasteiger partial charge >= 0.3 is 0 Å². The number of carbonyl (C=O) groups is 1. The summed E-state index contributed by atoms with van der Waals surface area (Å²) in [4.78, 5) is 12.0. The van der Waals surface area contributed by atoms with Gasteiger partial charge < -0.3 is 10.1 Å². The molecule has 2 aromatic carbocycles. The quantitative estimate of drug-likeness (QED) is 0.548. The lowest BCUT2D eigenvalue weighted by atomic mass is 10.2. The van der Waals surface area contributed by atoms with E-state index < -0.39 is 10.0 Å². The number of hydrogen-bond acceptors (Lipinski definition) is 4. The highest BCUT2D eigenvalue weighted by molar-refractivity contribution is 7.89. The van der Waals surface area contributed by atoms with Gasteiger partial charge in [0.05, 0.1) is 11.5 Å². The number of sulfonamides is 1. The zero-order valence-corrected chi connectivity index (χ0v) is 15.3. The summed E-state index contributed by atoms with van der Waals surface area (Å²) in [5, 5.41) is 7.70. The van der Waals surface area contributed by atoms with E-state index in [1.54, 1.807) is 6.08 Å². The van der Waals surface area contributed by atoms with E-state index in [-0.39, 0.29) is 10.8 Å². The lowest BCUT2D eigenvalue weighted by Crippen LogP contribution is -2.12. The fourth-order valence-electron chi connectivity index (χ4n) is 2.15. The van der Waals surface area contributed by atoms with Crippen molar-refractivity contribution in [3.63, 3.8) is 0 Å². The molecule has 0 radical (unpaired) electrons. The second-order valence-corrected chi connectivity index (χ2v) is 7.19. The molecule has 0 fully saturated rings. The first-order valence-corrected chi connectivity index (χ1v) is 9.78. The Morgan fingerprint density at radius 1 is 1.15 bits per heavy atom. The second kappa shape index (κ2) is 9.17. The Balaban J connectivity index is 2.01. The molecule has 0 heterocycles. The summed E-state index contributed by atoms with van der Waals surface area (Å²) in [6, 6.07) is 13.1. The number of hydrogen-bond donors (Lipinski definition) is 2. The number of carbonyl (C=O) groups excluding carboxylic acids is 1. The van der Waals surface area contributed by atoms with Crippen molar-refractivity contribution in [3.05, 3.63) is 60.2 Å². The Morgan fingerprint density at radius 3 is 2.50 bits per heavy atom. The van der Waals surface area contributed by atoms with Gasteiger partial charge in [0.15, 0.2) is 0 Å². The van der Waals surface area contributed by atoms with Crippen LogP contribution in [-0.4, -0.2) is 20.9 Å². The fraction of sp³-hybridized carbons (Fsp3) is 0.211. The van der Waals surface area contributed by atoms with Crippen molar-refractivity contribution < 1.29 is 17.9 Å². The van der Waals surface area contributed by atoms with E-state index in [4.69, 9.17) is 9.88 Å². The van der Waals surface area contributed by atoms with Crippen LogP contribution in [0, 0.1) is 0 Å². The first-order valence-electron chi connectivity index (χ1n) is 8.24. The van der Waals surface area contributed by atoms with Crippen LogP contribution in [0.2, 0.25) is 0 Å². The van der Waals surface area contributed by atoms with Crippen molar-refractivity contribution in [1.29, 1.82) is 0 Å². The van der Waals surface area contributed by atoms with E-state index in [9.17, 15) is 13.2 Å². The maximum Gasteiger partial charge on any atom is 0.248 e. The van der Waals surface area contributed by atoms with Crippen molar-refractivity contribution in [2.45, 2.75) is 24.7 Å². The van der Waals surface area contributed by atoms with E-state index in [1.165, 1.54) is 30.3 Å². The molecule has 138 valence electrons. The van der Waals surface area contributed by atoms with Crippen molar-refractivity contribution in [2.75, 3.05) is 11.9 Å². The van der Waals surface area contributed by atoms with Crippen molar-refractivity contribution in [1.82, 2.24) is 0 Å². The molecule has 0 aliphatic heterocycles. The first-order chi connectivity index (χ1) is 12.4. The van der Waals surface area contributed by atoms with Crippen LogP contribution < -0.4 is 15.2 Å². The topological polar surface area (TPSA) is 98.5 Å². The standard InChI is InChI=1S/C19H22N2O4S/c1-2-3-14-25-18-7-5-4-6-15(18)8-13-19(22)21-16-9-11-17(12-10-16)26(20,23)24/h4-13H,2-3,14H2,1H3,(H,21,22)(H2,20,23,24)/b13-8+. The number of nitrogens with two attached hydrogens (primary N) is 1. The van der Waals surface area contributed by atoms with Crippen molar-refractivity contribution in [2.24, 2.45) is 5.14 Å². The number of rotatable bonds is 8. The number of primary sulfonamides is 1. The molecule has 7 heteroatoms. The molecule has 0 bridgehead atoms. The Morgan fingerprint density at radius 2 is 1.85 bits per heavy atom. The SMILES string of the molecule is CCCCOc1ccccc1/C=C/C(=O)Nc1ccc(S(N)(=O)=O)cc1. The van der Waals surface area contributed by atoms with E-state index in [0.29, 0.717) is 12.3 Å². The molecule has 0 saturated carbocycles. The molecular formula is C19H22N2O4S. The number of para-hydroxylation sites is 1. The molecule has 0 unspecified atom stereocenters. The molecule has 0 atom stereocenters. The Bertz CT molecular complexity index is 875. The van der Waals surface area contributed by atoms with Gasteiger partial charge in [0.2, 0.25) is 15.9 Å². The van der Waals surface area contributed by atoms with Gasteiger partial charge in [-0.15, -0.1) is 0 Å². The number of amides is 1. The smallest absolute Gasteiger partial charge is 0.248 e. The normalized spacial score (nSPS) is 11.5. The van der Waals surface area contributed by atoms with Crippen LogP contribution in [0.4, 0.5) is 5.69 Å². The van der Waals surface area contributed by atoms with Crippen LogP contribution in [0.15, 0.2) is 59.5 Å². The summed E-state index contributed by atoms with van der Waals surface area (Å²) in [5.74, 6) is 0.388. The molecule has 1 amide bonds. The van der Waals surface area contributed by atoms with Gasteiger partial charge in [0.1, 0.15) is 5.75 Å². The lowest BCUT2D eigenvalue weighted by Gasteiger charge is -2.08. The minimum atomic E-state index is -3.75. The number of ether oxygens (including phenoxy) is 1. The molecule has 3 N–H and O–H groups in total. The van der Waals surface area contributed by atoms with Gasteiger partial charge in [-0.05, 0) is 42.8 Å². The largest absolute Gasteiger partial charge is 0.493 e. The number of anilines is 1. The minimum absolute atomic E-state index is 0.0100. The summed E-state index contributed by atoms with van der Waals surface area (Å²) in [7, 11) is -3.75. The molecule has 0 aromatic heterocycles. The number of nitrogens with one attached hydrogen (secondary N) is 1. The highest BCUT2D eigenvalue weighted by Crippen LogP contribution is 2.20. The lowest BCUT2D eigenvalue weighted by molar-refractivity contribution is -0.111. The molecule has 2 rings (SSSR count). The molecule has 26 heavy (non-hydrogen) atoms. The summed E-state index contributed by atoms with van der Waals surface area (Å²) in [6.45, 7) is 2.72. The number of benzene rings is 2. The maximum absolute atomic E-state index is 12.1. The number of unbranched alkanes of at least 4 members (excludes halogenated alkanes) is 1. The zero-order valence-electron chi connectivity index (χ0n) is 14.5. The molecular weight excluding hydrogens is 352 g/mol. The molecule has 0 aliphatic rings. The van der Waals surface area contributed by atoms with Crippen LogP contribution in [0.1, 0.15) is 25.3 Å². The summed E-state index contributed by atoms with van der Waals surface area (Å²) < 4.78 is 28.2. The fourth-order valence-corrected chi connectivity index (χ4v) is 2.67. The van der Waals surface area contributed by atoms with Crippen LogP contribution in [0.25, 0.3) is 6.08 Å². The molecule has 0 spiro atoms. The van der Waals surface area contributed by atoms with Crippen molar-refractivity contribution in [3.8, 4) is 5.75 Å². The maximum atomic E-state index is 12.1. The van der Waals surface area contributed by atoms with Gasteiger partial charge in [0.25, 0.3) is 0 Å². The Labute approximate surface area is 153 Å². The van der Waals surface area contributed by atoms with E-state index in [0.717, 1.165) is 24.2 Å². The first kappa shape index (κ1) is 19.7. The highest BCUT2D eigenvalue weighted by atomic mass is 32.2. The van der Waals surface area contributed by atoms with Gasteiger partial charge in [0, 0.05) is 17.3 Å². The predicted octanol–water partition coefficient (Wildman–Crippen LogP) is 3.16. The van der Waals surface area contributed by atoms with E-state index in [1.807, 2.05) is 24.3 Å². The van der Waals surface area contributed by atoms with Crippen LogP contribution in [-0.2, 0) is 14.8 Å². The van der Waals surface area contributed by atoms with E-state index >= 15 is 0 Å². The summed E-state index contributed by atoms with van der Waals surface area (Å²) in [5.41, 5.74) is 1.28. The highest BCUT2D eigenvalue weighted by Gasteiger charge is 2.07. The minimum Gasteiger partial charge on any atom is -0.493 e. The third kappa shape index (κ3) is 6.02. The average Bonchev–Trinajstić information content (AvgIpc) is 2.61. The van der Waals surface area contributed by atoms with Gasteiger partial charge in [-0.3, -0.25) is 4.79 Å². The Kier molecular flexibility index (Phi) is 6.94. The van der Waals surface area contributed by atoms with Crippen molar-refractivity contribution >= 4 is 27.7 Å². The van der Waals surface area contributed by atoms with Crippen LogP contribution in [0.3, 0.4) is 0 Å². The molecule has 6 nitrogen and oxygen atoms in total. The van der Waals surface area contributed by atoms with Gasteiger partial charge in [-0.25, -0.2) is 13.6 Å². The zero-order chi connectivity index (χ0) is 19.0. The molecule has 0 saturated heterocycles. The molecule has 2 aromatic rings. The van der Waals surface area contributed by atoms with Gasteiger partial charge in [-0.1, -0.05) is 31.5 Å². The third-order valence-electron chi connectivity index (χ3n) is 3.54. The molecule has 0 aliphatic carbocycles.